The van der Waals surface area contributed by atoms with Gasteiger partial charge in [-0.15, -0.1) is 0 Å². The first-order valence-corrected chi connectivity index (χ1v) is 8.12. The topological polar surface area (TPSA) is 46.2 Å². The standard InChI is InChI=1S/C18H29NO/c1-3-14-5-7-16(8-6-14)17(20)18(13-19)11-9-15(4-2)10-12-18/h5-8,15,17,20H,3-4,9-13,19H2,1-2H3. The summed E-state index contributed by atoms with van der Waals surface area (Å²) in [5.74, 6) is 0.823. The Hall–Kier alpha value is -0.860. The second-order valence-electron chi connectivity index (χ2n) is 6.42. The van der Waals surface area contributed by atoms with Crippen LogP contribution in [-0.4, -0.2) is 11.7 Å². The Balaban J connectivity index is 2.13. The number of nitrogens with two attached hydrogens (primary N) is 1. The molecule has 2 rings (SSSR count). The van der Waals surface area contributed by atoms with Crippen LogP contribution >= 0.6 is 0 Å². The smallest absolute Gasteiger partial charge is 0.0858 e. The van der Waals surface area contributed by atoms with E-state index in [-0.39, 0.29) is 5.41 Å². The molecule has 112 valence electrons. The maximum absolute atomic E-state index is 10.8. The van der Waals surface area contributed by atoms with Crippen LogP contribution in [0.3, 0.4) is 0 Å². The Labute approximate surface area is 123 Å². The number of hydrogen-bond donors (Lipinski definition) is 2. The average molecular weight is 275 g/mol. The molecule has 1 unspecified atom stereocenters. The van der Waals surface area contributed by atoms with Crippen molar-refractivity contribution in [1.82, 2.24) is 0 Å². The van der Waals surface area contributed by atoms with Crippen molar-refractivity contribution in [3.63, 3.8) is 0 Å². The zero-order chi connectivity index (χ0) is 14.6. The van der Waals surface area contributed by atoms with Gasteiger partial charge in [0.25, 0.3) is 0 Å². The number of aryl methyl sites for hydroxylation is 1. The number of aliphatic hydroxyl groups is 1. The molecule has 1 saturated carbocycles. The van der Waals surface area contributed by atoms with Gasteiger partial charge in [-0.05, 0) is 49.1 Å². The highest BCUT2D eigenvalue weighted by Gasteiger charge is 2.40. The van der Waals surface area contributed by atoms with Crippen molar-refractivity contribution in [2.75, 3.05) is 6.54 Å². The quantitative estimate of drug-likeness (QED) is 0.858. The summed E-state index contributed by atoms with van der Waals surface area (Å²) in [4.78, 5) is 0. The lowest BCUT2D eigenvalue weighted by atomic mass is 9.65. The molecule has 0 saturated heterocycles. The summed E-state index contributed by atoms with van der Waals surface area (Å²) < 4.78 is 0. The predicted octanol–water partition coefficient (Wildman–Crippen LogP) is 3.83. The van der Waals surface area contributed by atoms with E-state index < -0.39 is 6.10 Å². The molecule has 1 aromatic carbocycles. The number of hydrogen-bond acceptors (Lipinski definition) is 2. The maximum atomic E-state index is 10.8. The van der Waals surface area contributed by atoms with Gasteiger partial charge in [0.2, 0.25) is 0 Å². The Morgan fingerprint density at radius 1 is 1.20 bits per heavy atom. The third-order valence-electron chi connectivity index (χ3n) is 5.37. The van der Waals surface area contributed by atoms with Gasteiger partial charge in [0, 0.05) is 12.0 Å². The van der Waals surface area contributed by atoms with E-state index in [0.29, 0.717) is 6.54 Å². The lowest BCUT2D eigenvalue weighted by molar-refractivity contribution is -0.0103. The molecule has 3 N–H and O–H groups in total. The first-order valence-electron chi connectivity index (χ1n) is 8.12. The molecule has 1 aliphatic carbocycles. The summed E-state index contributed by atoms with van der Waals surface area (Å²) in [5.41, 5.74) is 8.30. The normalized spacial score (nSPS) is 28.3. The van der Waals surface area contributed by atoms with Crippen LogP contribution in [0.4, 0.5) is 0 Å². The molecule has 0 spiro atoms. The van der Waals surface area contributed by atoms with Crippen LogP contribution in [0.1, 0.15) is 63.2 Å². The van der Waals surface area contributed by atoms with Crippen LogP contribution in [0.2, 0.25) is 0 Å². The molecule has 1 aromatic rings. The van der Waals surface area contributed by atoms with Crippen LogP contribution in [0.25, 0.3) is 0 Å². The number of rotatable bonds is 5. The molecule has 0 amide bonds. The zero-order valence-electron chi connectivity index (χ0n) is 12.9. The van der Waals surface area contributed by atoms with Crippen LogP contribution in [-0.2, 0) is 6.42 Å². The van der Waals surface area contributed by atoms with Crippen molar-refractivity contribution in [1.29, 1.82) is 0 Å². The highest BCUT2D eigenvalue weighted by atomic mass is 16.3. The monoisotopic (exact) mass is 275 g/mol. The fourth-order valence-electron chi connectivity index (χ4n) is 3.54. The van der Waals surface area contributed by atoms with E-state index in [0.717, 1.165) is 30.7 Å². The molecule has 0 bridgehead atoms. The SMILES string of the molecule is CCc1ccc(C(O)C2(CN)CCC(CC)CC2)cc1. The average Bonchev–Trinajstić information content (AvgIpc) is 2.54. The Bertz CT molecular complexity index is 404. The van der Waals surface area contributed by atoms with Crippen molar-refractivity contribution in [2.24, 2.45) is 17.1 Å². The molecule has 0 aliphatic heterocycles. The minimum Gasteiger partial charge on any atom is -0.388 e. The molecule has 1 aliphatic rings. The van der Waals surface area contributed by atoms with E-state index in [1.54, 1.807) is 0 Å². The molecule has 0 radical (unpaired) electrons. The summed E-state index contributed by atoms with van der Waals surface area (Å²) >= 11 is 0. The molecular weight excluding hydrogens is 246 g/mol. The molecule has 1 fully saturated rings. The fraction of sp³-hybridized carbons (Fsp3) is 0.667. The van der Waals surface area contributed by atoms with Gasteiger partial charge >= 0.3 is 0 Å². The van der Waals surface area contributed by atoms with Crippen LogP contribution in [0.5, 0.6) is 0 Å². The van der Waals surface area contributed by atoms with Gasteiger partial charge < -0.3 is 10.8 Å². The summed E-state index contributed by atoms with van der Waals surface area (Å²) in [6, 6.07) is 8.40. The highest BCUT2D eigenvalue weighted by Crippen LogP contribution is 2.47. The van der Waals surface area contributed by atoms with E-state index in [1.165, 1.54) is 24.8 Å². The predicted molar refractivity (Wildman–Crippen MR) is 84.5 cm³/mol. The van der Waals surface area contributed by atoms with Crippen molar-refractivity contribution in [3.8, 4) is 0 Å². The lowest BCUT2D eigenvalue weighted by Crippen LogP contribution is -2.40. The number of aliphatic hydroxyl groups excluding tert-OH is 1. The van der Waals surface area contributed by atoms with E-state index in [2.05, 4.69) is 38.1 Å². The summed E-state index contributed by atoms with van der Waals surface area (Å²) in [7, 11) is 0. The number of benzene rings is 1. The minimum atomic E-state index is -0.420. The van der Waals surface area contributed by atoms with Crippen molar-refractivity contribution in [2.45, 2.75) is 58.5 Å². The third-order valence-corrected chi connectivity index (χ3v) is 5.37. The zero-order valence-corrected chi connectivity index (χ0v) is 12.9. The molecular formula is C18H29NO. The van der Waals surface area contributed by atoms with Gasteiger partial charge in [-0.3, -0.25) is 0 Å². The minimum absolute atomic E-state index is 0.112. The maximum Gasteiger partial charge on any atom is 0.0858 e. The van der Waals surface area contributed by atoms with E-state index >= 15 is 0 Å². The molecule has 2 heteroatoms. The van der Waals surface area contributed by atoms with Crippen molar-refractivity contribution < 1.29 is 5.11 Å². The van der Waals surface area contributed by atoms with E-state index in [4.69, 9.17) is 5.73 Å². The Kier molecular flexibility index (Phi) is 5.22. The lowest BCUT2D eigenvalue weighted by Gasteiger charge is -2.43. The van der Waals surface area contributed by atoms with Gasteiger partial charge in [0.05, 0.1) is 6.10 Å². The Morgan fingerprint density at radius 3 is 2.25 bits per heavy atom. The van der Waals surface area contributed by atoms with Gasteiger partial charge in [0.15, 0.2) is 0 Å². The van der Waals surface area contributed by atoms with Gasteiger partial charge in [-0.2, -0.15) is 0 Å². The second-order valence-corrected chi connectivity index (χ2v) is 6.42. The fourth-order valence-corrected chi connectivity index (χ4v) is 3.54. The Morgan fingerprint density at radius 2 is 1.80 bits per heavy atom. The molecule has 0 heterocycles. The van der Waals surface area contributed by atoms with Crippen LogP contribution < -0.4 is 5.73 Å². The van der Waals surface area contributed by atoms with Crippen molar-refractivity contribution in [3.05, 3.63) is 35.4 Å². The van der Waals surface area contributed by atoms with Crippen LogP contribution in [0, 0.1) is 11.3 Å². The summed E-state index contributed by atoms with van der Waals surface area (Å²) in [5, 5.41) is 10.8. The molecule has 2 nitrogen and oxygen atoms in total. The molecule has 1 atom stereocenters. The highest BCUT2D eigenvalue weighted by molar-refractivity contribution is 5.25. The van der Waals surface area contributed by atoms with Crippen molar-refractivity contribution >= 4 is 0 Å². The van der Waals surface area contributed by atoms with E-state index in [9.17, 15) is 5.11 Å². The molecule has 0 aromatic heterocycles. The van der Waals surface area contributed by atoms with Crippen LogP contribution in [0.15, 0.2) is 24.3 Å². The first kappa shape index (κ1) is 15.5. The van der Waals surface area contributed by atoms with Gasteiger partial charge in [-0.25, -0.2) is 0 Å². The van der Waals surface area contributed by atoms with E-state index in [1.807, 2.05) is 0 Å². The summed E-state index contributed by atoms with van der Waals surface area (Å²) in [6.45, 7) is 5.00. The third kappa shape index (κ3) is 3.07. The first-order chi connectivity index (χ1) is 9.65. The molecule has 20 heavy (non-hydrogen) atoms. The van der Waals surface area contributed by atoms with Gasteiger partial charge in [0.1, 0.15) is 0 Å². The second kappa shape index (κ2) is 6.73. The summed E-state index contributed by atoms with van der Waals surface area (Å²) in [6.07, 6.45) is 6.39. The van der Waals surface area contributed by atoms with Gasteiger partial charge in [-0.1, -0.05) is 44.5 Å². The largest absolute Gasteiger partial charge is 0.388 e.